The normalized spacial score (nSPS) is 37.4. The van der Waals surface area contributed by atoms with Gasteiger partial charge in [-0.25, -0.2) is 4.39 Å². The van der Waals surface area contributed by atoms with E-state index in [1.807, 2.05) is 0 Å². The van der Waals surface area contributed by atoms with Gasteiger partial charge in [0, 0.05) is 0 Å². The Labute approximate surface area is 150 Å². The highest BCUT2D eigenvalue weighted by molar-refractivity contribution is 5.35. The number of halogens is 2. The average Bonchev–Trinajstić information content (AvgIpc) is 2.52. The van der Waals surface area contributed by atoms with Crippen LogP contribution in [0.5, 0.6) is 5.75 Å². The van der Waals surface area contributed by atoms with Crippen molar-refractivity contribution in [3.63, 3.8) is 0 Å². The first-order valence-corrected chi connectivity index (χ1v) is 10.1. The molecule has 1 spiro atoms. The van der Waals surface area contributed by atoms with Crippen molar-refractivity contribution >= 4 is 0 Å². The van der Waals surface area contributed by atoms with Crippen LogP contribution in [0.15, 0.2) is 12.1 Å². The van der Waals surface area contributed by atoms with Crippen molar-refractivity contribution in [3.8, 4) is 5.75 Å². The highest BCUT2D eigenvalue weighted by Crippen LogP contribution is 2.66. The summed E-state index contributed by atoms with van der Waals surface area (Å²) in [6, 6.07) is 3.33. The van der Waals surface area contributed by atoms with Crippen LogP contribution in [0, 0.1) is 34.8 Å². The fourth-order valence-corrected chi connectivity index (χ4v) is 5.81. The monoisotopic (exact) mass is 348 g/mol. The molecule has 0 aliphatic heterocycles. The number of rotatable bonds is 4. The minimum Gasteiger partial charge on any atom is -0.491 e. The molecule has 0 radical (unpaired) electrons. The van der Waals surface area contributed by atoms with Gasteiger partial charge in [0.15, 0.2) is 11.6 Å². The third-order valence-electron chi connectivity index (χ3n) is 7.29. The van der Waals surface area contributed by atoms with Crippen LogP contribution in [0.25, 0.3) is 0 Å². The zero-order valence-corrected chi connectivity index (χ0v) is 15.5. The highest BCUT2D eigenvalue weighted by Gasteiger charge is 2.55. The number of hydrogen-bond donors (Lipinski definition) is 0. The molecule has 0 atom stereocenters. The summed E-state index contributed by atoms with van der Waals surface area (Å²) in [5, 5.41) is 0. The molecule has 4 rings (SSSR count). The van der Waals surface area contributed by atoms with Gasteiger partial charge in [-0.2, -0.15) is 4.39 Å². The molecule has 25 heavy (non-hydrogen) atoms. The Kier molecular flexibility index (Phi) is 4.54. The zero-order valence-electron chi connectivity index (χ0n) is 15.5. The average molecular weight is 348 g/mol. The maximum Gasteiger partial charge on any atom is 0.200 e. The molecule has 0 bridgehead atoms. The summed E-state index contributed by atoms with van der Waals surface area (Å²) in [6.07, 6.45) is 10.3. The lowest BCUT2D eigenvalue weighted by Crippen LogP contribution is -2.49. The molecular weight excluding hydrogens is 318 g/mol. The molecule has 0 heterocycles. The van der Waals surface area contributed by atoms with Crippen molar-refractivity contribution in [1.82, 2.24) is 0 Å². The van der Waals surface area contributed by atoms with Gasteiger partial charge in [-0.15, -0.1) is 0 Å². The van der Waals surface area contributed by atoms with Crippen LogP contribution in [-0.4, -0.2) is 6.61 Å². The van der Waals surface area contributed by atoms with E-state index >= 15 is 0 Å². The molecule has 0 unspecified atom stereocenters. The smallest absolute Gasteiger partial charge is 0.200 e. The van der Waals surface area contributed by atoms with E-state index in [1.54, 1.807) is 19.1 Å². The van der Waals surface area contributed by atoms with Crippen molar-refractivity contribution in [1.29, 1.82) is 0 Å². The molecule has 3 aliphatic rings. The predicted molar refractivity (Wildman–Crippen MR) is 95.8 cm³/mol. The van der Waals surface area contributed by atoms with Crippen molar-refractivity contribution in [2.24, 2.45) is 23.2 Å². The van der Waals surface area contributed by atoms with E-state index in [0.29, 0.717) is 17.6 Å². The van der Waals surface area contributed by atoms with Crippen molar-refractivity contribution in [2.75, 3.05) is 6.61 Å². The topological polar surface area (TPSA) is 9.23 Å². The molecule has 1 aromatic carbocycles. The first-order valence-electron chi connectivity index (χ1n) is 10.1. The van der Waals surface area contributed by atoms with E-state index in [-0.39, 0.29) is 11.7 Å². The summed E-state index contributed by atoms with van der Waals surface area (Å²) >= 11 is 0. The first kappa shape index (κ1) is 17.3. The molecule has 3 heteroatoms. The van der Waals surface area contributed by atoms with Gasteiger partial charge in [-0.3, -0.25) is 0 Å². The summed E-state index contributed by atoms with van der Waals surface area (Å²) in [4.78, 5) is 0. The van der Waals surface area contributed by atoms with Gasteiger partial charge in [0.05, 0.1) is 6.61 Å². The van der Waals surface area contributed by atoms with Crippen LogP contribution in [0.2, 0.25) is 0 Å². The van der Waals surface area contributed by atoms with Crippen LogP contribution in [0.1, 0.15) is 76.7 Å². The predicted octanol–water partition coefficient (Wildman–Crippen LogP) is 6.46. The summed E-state index contributed by atoms with van der Waals surface area (Å²) in [5.74, 6) is 1.46. The lowest BCUT2D eigenvalue weighted by molar-refractivity contribution is -0.0727. The fraction of sp³-hybridized carbons (Fsp3) is 0.727. The standard InChI is InChI=1S/C22H30F2O/c1-3-25-19-9-8-18(20(23)21(19)24)17-12-22(13-17)10-16(11-22)15-6-4-14(2)5-7-15/h8-9,14-17H,3-7,10-13H2,1-2H3. The zero-order chi connectivity index (χ0) is 17.6. The molecule has 3 saturated carbocycles. The van der Waals surface area contributed by atoms with E-state index in [4.69, 9.17) is 4.74 Å². The minimum absolute atomic E-state index is 0.0352. The quantitative estimate of drug-likeness (QED) is 0.606. The summed E-state index contributed by atoms with van der Waals surface area (Å²) in [7, 11) is 0. The molecule has 0 saturated heterocycles. The Hall–Kier alpha value is -1.12. The van der Waals surface area contributed by atoms with E-state index in [9.17, 15) is 8.78 Å². The molecule has 1 aromatic rings. The highest BCUT2D eigenvalue weighted by atomic mass is 19.2. The van der Waals surface area contributed by atoms with E-state index < -0.39 is 11.6 Å². The Morgan fingerprint density at radius 1 is 0.960 bits per heavy atom. The third-order valence-corrected chi connectivity index (χ3v) is 7.29. The molecule has 0 amide bonds. The van der Waals surface area contributed by atoms with E-state index in [1.165, 1.54) is 38.5 Å². The largest absolute Gasteiger partial charge is 0.491 e. The summed E-state index contributed by atoms with van der Waals surface area (Å²) in [6.45, 7) is 4.50. The first-order chi connectivity index (χ1) is 12.0. The molecule has 1 nitrogen and oxygen atoms in total. The van der Waals surface area contributed by atoms with Crippen LogP contribution in [0.4, 0.5) is 8.78 Å². The van der Waals surface area contributed by atoms with Gasteiger partial charge in [-0.1, -0.05) is 25.8 Å². The molecule has 3 fully saturated rings. The minimum atomic E-state index is -0.817. The number of hydrogen-bond acceptors (Lipinski definition) is 1. The Morgan fingerprint density at radius 2 is 1.64 bits per heavy atom. The second-order valence-electron chi connectivity index (χ2n) is 9.01. The maximum atomic E-state index is 14.4. The van der Waals surface area contributed by atoms with Gasteiger partial charge in [0.1, 0.15) is 0 Å². The SMILES string of the molecule is CCOc1ccc(C2CC3(C2)CC(C2CCC(C)CC2)C3)c(F)c1F. The van der Waals surface area contributed by atoms with Crippen molar-refractivity contribution in [2.45, 2.75) is 71.1 Å². The van der Waals surface area contributed by atoms with Crippen LogP contribution in [-0.2, 0) is 0 Å². The van der Waals surface area contributed by atoms with Gasteiger partial charge < -0.3 is 4.74 Å². The second-order valence-corrected chi connectivity index (χ2v) is 9.01. The Morgan fingerprint density at radius 3 is 2.28 bits per heavy atom. The molecule has 3 aliphatic carbocycles. The molecular formula is C22H30F2O. The Balaban J connectivity index is 1.33. The lowest BCUT2D eigenvalue weighted by atomic mass is 9.45. The fourth-order valence-electron chi connectivity index (χ4n) is 5.81. The molecule has 0 N–H and O–H groups in total. The number of benzene rings is 1. The van der Waals surface area contributed by atoms with Gasteiger partial charge in [0.25, 0.3) is 0 Å². The Bertz CT molecular complexity index is 619. The third kappa shape index (κ3) is 3.08. The van der Waals surface area contributed by atoms with Crippen LogP contribution in [0.3, 0.4) is 0 Å². The van der Waals surface area contributed by atoms with Gasteiger partial charge >= 0.3 is 0 Å². The van der Waals surface area contributed by atoms with Crippen LogP contribution < -0.4 is 4.74 Å². The molecule has 0 aromatic heterocycles. The van der Waals surface area contributed by atoms with Crippen molar-refractivity contribution < 1.29 is 13.5 Å². The van der Waals surface area contributed by atoms with E-state index in [2.05, 4.69) is 6.92 Å². The summed E-state index contributed by atoms with van der Waals surface area (Å²) in [5.41, 5.74) is 1.00. The van der Waals surface area contributed by atoms with E-state index in [0.717, 1.165) is 30.6 Å². The van der Waals surface area contributed by atoms with Gasteiger partial charge in [0.2, 0.25) is 5.82 Å². The number of ether oxygens (including phenoxy) is 1. The maximum absolute atomic E-state index is 14.4. The van der Waals surface area contributed by atoms with Crippen LogP contribution >= 0.6 is 0 Å². The van der Waals surface area contributed by atoms with Gasteiger partial charge in [-0.05, 0) is 86.2 Å². The van der Waals surface area contributed by atoms with Crippen molar-refractivity contribution in [3.05, 3.63) is 29.3 Å². The lowest BCUT2D eigenvalue weighted by Gasteiger charge is -2.60. The summed E-state index contributed by atoms with van der Waals surface area (Å²) < 4.78 is 33.6. The molecule has 138 valence electrons. The second kappa shape index (κ2) is 6.55.